The van der Waals surface area contributed by atoms with Gasteiger partial charge in [-0.15, -0.1) is 0 Å². The summed E-state index contributed by atoms with van der Waals surface area (Å²) in [6.07, 6.45) is -4.55. The molecule has 0 fully saturated rings. The van der Waals surface area contributed by atoms with E-state index in [0.717, 1.165) is 6.07 Å². The van der Waals surface area contributed by atoms with E-state index in [2.05, 4.69) is 15.5 Å². The Labute approximate surface area is 170 Å². The number of nitrogens with one attached hydrogen (secondary N) is 1. The number of ether oxygens (including phenoxy) is 3. The third kappa shape index (κ3) is 4.76. The summed E-state index contributed by atoms with van der Waals surface area (Å²) in [7, 11) is 3.02. The molecule has 0 aliphatic carbocycles. The lowest BCUT2D eigenvalue weighted by molar-refractivity contribution is -0.137. The Kier molecular flexibility index (Phi) is 6.34. The smallest absolute Gasteiger partial charge is 0.418 e. The standard InChI is InChI=1S/C20H20F3N3O4/c1-4-29-13-6-7-15(14(10-13)20(21,22)23)24-11-18-25-19(26-30-18)12-5-8-16(27-2)17(9-12)28-3/h5-10,24H,4,11H2,1-3H3. The fourth-order valence-electron chi connectivity index (χ4n) is 2.76. The van der Waals surface area contributed by atoms with Gasteiger partial charge in [-0.1, -0.05) is 5.16 Å². The second-order valence-electron chi connectivity index (χ2n) is 6.07. The average Bonchev–Trinajstić information content (AvgIpc) is 3.21. The topological polar surface area (TPSA) is 78.6 Å². The van der Waals surface area contributed by atoms with Gasteiger partial charge >= 0.3 is 6.18 Å². The number of aromatic nitrogens is 2. The molecule has 7 nitrogen and oxygen atoms in total. The Bertz CT molecular complexity index is 1010. The first kappa shape index (κ1) is 21.3. The van der Waals surface area contributed by atoms with Crippen molar-refractivity contribution in [2.45, 2.75) is 19.6 Å². The summed E-state index contributed by atoms with van der Waals surface area (Å²) in [6, 6.07) is 8.81. The van der Waals surface area contributed by atoms with Crippen LogP contribution in [0.3, 0.4) is 0 Å². The van der Waals surface area contributed by atoms with Gasteiger partial charge in [0, 0.05) is 11.3 Å². The van der Waals surface area contributed by atoms with E-state index in [-0.39, 0.29) is 36.3 Å². The Morgan fingerprint density at radius 2 is 1.80 bits per heavy atom. The summed E-state index contributed by atoms with van der Waals surface area (Å²) in [5.41, 5.74) is -0.343. The molecule has 0 saturated carbocycles. The Balaban J connectivity index is 1.77. The summed E-state index contributed by atoms with van der Waals surface area (Å²) in [4.78, 5) is 4.22. The van der Waals surface area contributed by atoms with Gasteiger partial charge in [-0.2, -0.15) is 18.2 Å². The first-order chi connectivity index (χ1) is 14.4. The molecule has 0 aliphatic rings. The minimum atomic E-state index is -4.55. The number of alkyl halides is 3. The molecule has 10 heteroatoms. The van der Waals surface area contributed by atoms with E-state index >= 15 is 0 Å². The maximum absolute atomic E-state index is 13.4. The van der Waals surface area contributed by atoms with Gasteiger partial charge in [0.05, 0.1) is 32.9 Å². The molecular formula is C20H20F3N3O4. The highest BCUT2D eigenvalue weighted by atomic mass is 19.4. The predicted octanol–water partition coefficient (Wildman–Crippen LogP) is 4.78. The molecule has 0 amide bonds. The van der Waals surface area contributed by atoms with Crippen molar-refractivity contribution in [2.75, 3.05) is 26.1 Å². The van der Waals surface area contributed by atoms with Crippen LogP contribution in [-0.2, 0) is 12.7 Å². The van der Waals surface area contributed by atoms with E-state index in [1.165, 1.54) is 26.4 Å². The van der Waals surface area contributed by atoms with Crippen LogP contribution in [0.2, 0.25) is 0 Å². The molecule has 30 heavy (non-hydrogen) atoms. The average molecular weight is 423 g/mol. The molecule has 0 atom stereocenters. The molecule has 0 spiro atoms. The van der Waals surface area contributed by atoms with Gasteiger partial charge < -0.3 is 24.1 Å². The molecule has 0 aliphatic heterocycles. The normalized spacial score (nSPS) is 11.3. The number of hydrogen-bond acceptors (Lipinski definition) is 7. The fourth-order valence-corrected chi connectivity index (χ4v) is 2.76. The molecular weight excluding hydrogens is 403 g/mol. The van der Waals surface area contributed by atoms with Crippen LogP contribution in [0.25, 0.3) is 11.4 Å². The van der Waals surface area contributed by atoms with Gasteiger partial charge in [-0.05, 0) is 43.3 Å². The number of benzene rings is 2. The summed E-state index contributed by atoms with van der Waals surface area (Å²) in [5, 5.41) is 6.57. The molecule has 0 saturated heterocycles. The Morgan fingerprint density at radius 1 is 1.03 bits per heavy atom. The van der Waals surface area contributed by atoms with Crippen LogP contribution in [-0.4, -0.2) is 31.0 Å². The summed E-state index contributed by atoms with van der Waals surface area (Å²) < 4.78 is 60.9. The van der Waals surface area contributed by atoms with Crippen molar-refractivity contribution in [2.24, 2.45) is 0 Å². The molecule has 1 N–H and O–H groups in total. The second kappa shape index (κ2) is 8.93. The van der Waals surface area contributed by atoms with Crippen LogP contribution in [0.1, 0.15) is 18.4 Å². The molecule has 0 unspecified atom stereocenters. The number of rotatable bonds is 8. The zero-order valence-corrected chi connectivity index (χ0v) is 16.5. The van der Waals surface area contributed by atoms with Crippen LogP contribution < -0.4 is 19.5 Å². The molecule has 3 rings (SSSR count). The summed E-state index contributed by atoms with van der Waals surface area (Å²) >= 11 is 0. The molecule has 0 bridgehead atoms. The first-order valence-electron chi connectivity index (χ1n) is 8.98. The maximum Gasteiger partial charge on any atom is 0.418 e. The minimum Gasteiger partial charge on any atom is -0.494 e. The van der Waals surface area contributed by atoms with E-state index in [4.69, 9.17) is 18.7 Å². The van der Waals surface area contributed by atoms with Crippen molar-refractivity contribution in [1.82, 2.24) is 10.1 Å². The van der Waals surface area contributed by atoms with Gasteiger partial charge in [0.1, 0.15) is 5.75 Å². The highest BCUT2D eigenvalue weighted by Gasteiger charge is 2.34. The molecule has 160 valence electrons. The quantitative estimate of drug-likeness (QED) is 0.558. The minimum absolute atomic E-state index is 0.0860. The number of nitrogens with zero attached hydrogens (tertiary/aromatic N) is 2. The monoisotopic (exact) mass is 423 g/mol. The van der Waals surface area contributed by atoms with Crippen molar-refractivity contribution in [3.8, 4) is 28.6 Å². The van der Waals surface area contributed by atoms with Crippen LogP contribution in [0.15, 0.2) is 40.9 Å². The van der Waals surface area contributed by atoms with Crippen LogP contribution in [0.4, 0.5) is 18.9 Å². The van der Waals surface area contributed by atoms with E-state index in [1.54, 1.807) is 25.1 Å². The second-order valence-corrected chi connectivity index (χ2v) is 6.07. The molecule has 1 aromatic heterocycles. The third-order valence-corrected chi connectivity index (χ3v) is 4.15. The van der Waals surface area contributed by atoms with Crippen molar-refractivity contribution in [3.63, 3.8) is 0 Å². The van der Waals surface area contributed by atoms with Crippen molar-refractivity contribution < 1.29 is 31.9 Å². The highest BCUT2D eigenvalue weighted by Crippen LogP contribution is 2.37. The Morgan fingerprint density at radius 3 is 2.47 bits per heavy atom. The molecule has 0 radical (unpaired) electrons. The molecule has 3 aromatic rings. The zero-order chi connectivity index (χ0) is 21.7. The van der Waals surface area contributed by atoms with Crippen LogP contribution in [0, 0.1) is 0 Å². The lowest BCUT2D eigenvalue weighted by atomic mass is 10.1. The maximum atomic E-state index is 13.4. The SMILES string of the molecule is CCOc1ccc(NCc2nc(-c3ccc(OC)c(OC)c3)no2)c(C(F)(F)F)c1. The van der Waals surface area contributed by atoms with Gasteiger partial charge in [-0.25, -0.2) is 0 Å². The van der Waals surface area contributed by atoms with E-state index in [1.807, 2.05) is 0 Å². The van der Waals surface area contributed by atoms with Gasteiger partial charge in [-0.3, -0.25) is 0 Å². The van der Waals surface area contributed by atoms with Crippen molar-refractivity contribution in [1.29, 1.82) is 0 Å². The number of methoxy groups -OCH3 is 2. The third-order valence-electron chi connectivity index (χ3n) is 4.15. The van der Waals surface area contributed by atoms with E-state index in [9.17, 15) is 13.2 Å². The van der Waals surface area contributed by atoms with Crippen LogP contribution in [0.5, 0.6) is 17.2 Å². The number of anilines is 1. The first-order valence-corrected chi connectivity index (χ1v) is 8.98. The predicted molar refractivity (Wildman–Crippen MR) is 103 cm³/mol. The lowest BCUT2D eigenvalue weighted by Gasteiger charge is -2.15. The molecule has 1 heterocycles. The van der Waals surface area contributed by atoms with Crippen molar-refractivity contribution >= 4 is 5.69 Å². The number of halogens is 3. The lowest BCUT2D eigenvalue weighted by Crippen LogP contribution is -2.11. The van der Waals surface area contributed by atoms with E-state index in [0.29, 0.717) is 17.1 Å². The van der Waals surface area contributed by atoms with Gasteiger partial charge in [0.2, 0.25) is 11.7 Å². The zero-order valence-electron chi connectivity index (χ0n) is 16.5. The van der Waals surface area contributed by atoms with Crippen molar-refractivity contribution in [3.05, 3.63) is 47.9 Å². The Hall–Kier alpha value is -3.43. The van der Waals surface area contributed by atoms with Crippen LogP contribution >= 0.6 is 0 Å². The highest BCUT2D eigenvalue weighted by molar-refractivity contribution is 5.61. The fraction of sp³-hybridized carbons (Fsp3) is 0.300. The van der Waals surface area contributed by atoms with Gasteiger partial charge in [0.25, 0.3) is 0 Å². The number of hydrogen-bond donors (Lipinski definition) is 1. The summed E-state index contributed by atoms with van der Waals surface area (Å²) in [5.74, 6) is 1.58. The van der Waals surface area contributed by atoms with Gasteiger partial charge in [0.15, 0.2) is 11.5 Å². The largest absolute Gasteiger partial charge is 0.494 e. The van der Waals surface area contributed by atoms with E-state index < -0.39 is 11.7 Å². The summed E-state index contributed by atoms with van der Waals surface area (Å²) in [6.45, 7) is 1.88. The molecule has 2 aromatic carbocycles.